The van der Waals surface area contributed by atoms with E-state index in [1.807, 2.05) is 12.1 Å². The Morgan fingerprint density at radius 2 is 2.10 bits per heavy atom. The predicted molar refractivity (Wildman–Crippen MR) is 118 cm³/mol. The van der Waals surface area contributed by atoms with Crippen molar-refractivity contribution in [3.05, 3.63) is 56.4 Å². The Labute approximate surface area is 176 Å². The van der Waals surface area contributed by atoms with Crippen molar-refractivity contribution in [2.75, 3.05) is 12.3 Å². The van der Waals surface area contributed by atoms with Gasteiger partial charge in [-0.05, 0) is 55.4 Å². The SMILES string of the molecule is O=C(CSCc1nc2sc3c(c2c(=O)[nH]1)CCC3)NCCCc1ccc(O)cc1. The average Bonchev–Trinajstić information content (AvgIpc) is 3.27. The summed E-state index contributed by atoms with van der Waals surface area (Å²) in [7, 11) is 0. The molecule has 0 unspecified atom stereocenters. The Hall–Kier alpha value is -2.32. The van der Waals surface area contributed by atoms with Gasteiger partial charge in [0, 0.05) is 11.4 Å². The van der Waals surface area contributed by atoms with Gasteiger partial charge in [-0.2, -0.15) is 0 Å². The van der Waals surface area contributed by atoms with Gasteiger partial charge in [-0.25, -0.2) is 4.98 Å². The molecule has 0 saturated heterocycles. The van der Waals surface area contributed by atoms with Crippen LogP contribution in [0.5, 0.6) is 5.75 Å². The molecule has 8 heteroatoms. The topological polar surface area (TPSA) is 95.1 Å². The van der Waals surface area contributed by atoms with Crippen LogP contribution in [0, 0.1) is 0 Å². The summed E-state index contributed by atoms with van der Waals surface area (Å²) in [6, 6.07) is 7.12. The number of benzene rings is 1. The summed E-state index contributed by atoms with van der Waals surface area (Å²) in [6.45, 7) is 0.613. The number of aromatic nitrogens is 2. The highest BCUT2D eigenvalue weighted by Gasteiger charge is 2.21. The lowest BCUT2D eigenvalue weighted by Gasteiger charge is -2.06. The number of aryl methyl sites for hydroxylation is 3. The highest BCUT2D eigenvalue weighted by atomic mass is 32.2. The lowest BCUT2D eigenvalue weighted by molar-refractivity contribution is -0.118. The zero-order chi connectivity index (χ0) is 20.2. The number of carbonyl (C=O) groups excluding carboxylic acids is 1. The summed E-state index contributed by atoms with van der Waals surface area (Å²) in [5.41, 5.74) is 2.27. The first-order valence-electron chi connectivity index (χ1n) is 9.76. The standard InChI is InChI=1S/C21H23N3O3S2/c25-14-8-6-13(7-9-14)3-2-10-22-18(26)12-28-11-17-23-20(27)19-15-4-1-5-16(15)29-21(19)24-17/h6-9,25H,1-5,10-12H2,(H,22,26)(H,23,24,27). The zero-order valence-corrected chi connectivity index (χ0v) is 17.6. The molecule has 1 amide bonds. The monoisotopic (exact) mass is 429 g/mol. The van der Waals surface area contributed by atoms with E-state index in [4.69, 9.17) is 0 Å². The van der Waals surface area contributed by atoms with E-state index >= 15 is 0 Å². The molecule has 6 nitrogen and oxygen atoms in total. The zero-order valence-electron chi connectivity index (χ0n) is 16.0. The van der Waals surface area contributed by atoms with Crippen LogP contribution in [0.4, 0.5) is 0 Å². The summed E-state index contributed by atoms with van der Waals surface area (Å²) in [4.78, 5) is 34.1. The van der Waals surface area contributed by atoms with Crippen molar-refractivity contribution >= 4 is 39.2 Å². The van der Waals surface area contributed by atoms with Crippen LogP contribution < -0.4 is 10.9 Å². The van der Waals surface area contributed by atoms with Gasteiger partial charge in [0.2, 0.25) is 5.91 Å². The number of amides is 1. The molecular formula is C21H23N3O3S2. The second kappa shape index (κ2) is 9.00. The molecule has 0 spiro atoms. The van der Waals surface area contributed by atoms with Crippen molar-refractivity contribution in [3.63, 3.8) is 0 Å². The number of fused-ring (bicyclic) bond motifs is 3. The largest absolute Gasteiger partial charge is 0.508 e. The van der Waals surface area contributed by atoms with Gasteiger partial charge in [0.15, 0.2) is 0 Å². The molecule has 1 aliphatic rings. The molecule has 0 bridgehead atoms. The number of nitrogens with one attached hydrogen (secondary N) is 2. The second-order valence-corrected chi connectivity index (χ2v) is 9.23. The number of aromatic amines is 1. The summed E-state index contributed by atoms with van der Waals surface area (Å²) in [5.74, 6) is 1.72. The molecule has 4 rings (SSSR count). The minimum Gasteiger partial charge on any atom is -0.508 e. The molecule has 0 radical (unpaired) electrons. The number of nitrogens with zero attached hydrogens (tertiary/aromatic N) is 1. The van der Waals surface area contributed by atoms with Gasteiger partial charge < -0.3 is 15.4 Å². The number of hydrogen-bond acceptors (Lipinski definition) is 6. The van der Waals surface area contributed by atoms with Gasteiger partial charge in [0.25, 0.3) is 5.56 Å². The smallest absolute Gasteiger partial charge is 0.259 e. The molecular weight excluding hydrogens is 406 g/mol. The lowest BCUT2D eigenvalue weighted by atomic mass is 10.1. The Balaban J connectivity index is 1.21. The average molecular weight is 430 g/mol. The van der Waals surface area contributed by atoms with Crippen LogP contribution in [0.15, 0.2) is 29.1 Å². The molecule has 0 saturated carbocycles. The Morgan fingerprint density at radius 1 is 1.28 bits per heavy atom. The van der Waals surface area contributed by atoms with Crippen LogP contribution in [0.2, 0.25) is 0 Å². The van der Waals surface area contributed by atoms with Crippen LogP contribution in [-0.4, -0.2) is 33.3 Å². The third kappa shape index (κ3) is 4.82. The van der Waals surface area contributed by atoms with Crippen molar-refractivity contribution in [1.29, 1.82) is 0 Å². The van der Waals surface area contributed by atoms with E-state index in [0.717, 1.165) is 47.9 Å². The van der Waals surface area contributed by atoms with Crippen molar-refractivity contribution in [3.8, 4) is 5.75 Å². The maximum Gasteiger partial charge on any atom is 0.259 e. The fourth-order valence-electron chi connectivity index (χ4n) is 3.59. The Kier molecular flexibility index (Phi) is 6.20. The first-order valence-corrected chi connectivity index (χ1v) is 11.7. The van der Waals surface area contributed by atoms with E-state index in [1.54, 1.807) is 23.5 Å². The molecule has 29 heavy (non-hydrogen) atoms. The van der Waals surface area contributed by atoms with Crippen molar-refractivity contribution < 1.29 is 9.90 Å². The number of hydrogen-bond donors (Lipinski definition) is 3. The van der Waals surface area contributed by atoms with Gasteiger partial charge in [-0.3, -0.25) is 9.59 Å². The van der Waals surface area contributed by atoms with E-state index in [9.17, 15) is 14.7 Å². The van der Waals surface area contributed by atoms with E-state index in [2.05, 4.69) is 15.3 Å². The fourth-order valence-corrected chi connectivity index (χ4v) is 5.59. The minimum atomic E-state index is -0.0521. The number of aromatic hydroxyl groups is 1. The number of rotatable bonds is 8. The number of phenols is 1. The van der Waals surface area contributed by atoms with Crippen molar-refractivity contribution in [2.45, 2.75) is 37.9 Å². The molecule has 152 valence electrons. The Morgan fingerprint density at radius 3 is 2.93 bits per heavy atom. The van der Waals surface area contributed by atoms with E-state index in [-0.39, 0.29) is 17.2 Å². The molecule has 3 N–H and O–H groups in total. The molecule has 3 aromatic rings. The Bertz CT molecular complexity index is 1070. The summed E-state index contributed by atoms with van der Waals surface area (Å²) >= 11 is 3.08. The maximum absolute atomic E-state index is 12.4. The number of thioether (sulfide) groups is 1. The molecule has 1 aromatic carbocycles. The van der Waals surface area contributed by atoms with E-state index < -0.39 is 0 Å². The van der Waals surface area contributed by atoms with Crippen LogP contribution in [0.3, 0.4) is 0 Å². The third-order valence-electron chi connectivity index (χ3n) is 5.00. The highest BCUT2D eigenvalue weighted by Crippen LogP contribution is 2.34. The predicted octanol–water partition coefficient (Wildman–Crippen LogP) is 3.16. The van der Waals surface area contributed by atoms with Crippen molar-refractivity contribution in [2.24, 2.45) is 0 Å². The van der Waals surface area contributed by atoms with Crippen molar-refractivity contribution in [1.82, 2.24) is 15.3 Å². The first-order chi connectivity index (χ1) is 14.1. The van der Waals surface area contributed by atoms with E-state index in [0.29, 0.717) is 23.9 Å². The van der Waals surface area contributed by atoms with Gasteiger partial charge in [0.05, 0.1) is 16.9 Å². The number of carbonyl (C=O) groups is 1. The van der Waals surface area contributed by atoms with Gasteiger partial charge >= 0.3 is 0 Å². The van der Waals surface area contributed by atoms with Gasteiger partial charge in [0.1, 0.15) is 16.4 Å². The first kappa shape index (κ1) is 20.0. The van der Waals surface area contributed by atoms with E-state index in [1.165, 1.54) is 22.2 Å². The number of H-pyrrole nitrogens is 1. The van der Waals surface area contributed by atoms with Crippen LogP contribution in [-0.2, 0) is 29.8 Å². The fraction of sp³-hybridized carbons (Fsp3) is 0.381. The second-order valence-electron chi connectivity index (χ2n) is 7.16. The molecule has 0 fully saturated rings. The summed E-state index contributed by atoms with van der Waals surface area (Å²) in [6.07, 6.45) is 4.84. The lowest BCUT2D eigenvalue weighted by Crippen LogP contribution is -2.26. The van der Waals surface area contributed by atoms with Gasteiger partial charge in [-0.1, -0.05) is 12.1 Å². The highest BCUT2D eigenvalue weighted by molar-refractivity contribution is 7.99. The van der Waals surface area contributed by atoms with Crippen LogP contribution >= 0.6 is 23.1 Å². The molecule has 0 atom stereocenters. The van der Waals surface area contributed by atoms with Gasteiger partial charge in [-0.15, -0.1) is 23.1 Å². The maximum atomic E-state index is 12.4. The van der Waals surface area contributed by atoms with Crippen LogP contribution in [0.25, 0.3) is 10.2 Å². The quantitative estimate of drug-likeness (QED) is 0.478. The number of phenolic OH excluding ortho intramolecular Hbond substituents is 1. The summed E-state index contributed by atoms with van der Waals surface area (Å²) < 4.78 is 0. The normalized spacial score (nSPS) is 13.0. The van der Waals surface area contributed by atoms with Crippen LogP contribution in [0.1, 0.15) is 34.7 Å². The minimum absolute atomic E-state index is 0.0146. The molecule has 0 aliphatic heterocycles. The summed E-state index contributed by atoms with van der Waals surface area (Å²) in [5, 5.41) is 13.0. The molecule has 2 aromatic heterocycles. The molecule has 2 heterocycles. The molecule has 1 aliphatic carbocycles. The third-order valence-corrected chi connectivity index (χ3v) is 7.13. The number of thiophene rings is 1.